The molecule has 34 heavy (non-hydrogen) atoms. The van der Waals surface area contributed by atoms with E-state index >= 15 is 0 Å². The summed E-state index contributed by atoms with van der Waals surface area (Å²) in [5.74, 6) is -1.60. The number of aliphatic hydroxyl groups excluding tert-OH is 1. The maximum Gasteiger partial charge on any atom is 0.269 e. The van der Waals surface area contributed by atoms with Gasteiger partial charge in [0.15, 0.2) is 0 Å². The van der Waals surface area contributed by atoms with Crippen LogP contribution in [-0.2, 0) is 5.41 Å². The summed E-state index contributed by atoms with van der Waals surface area (Å²) in [6, 6.07) is 10.8. The van der Waals surface area contributed by atoms with Crippen molar-refractivity contribution in [1.82, 2.24) is 20.5 Å². The maximum absolute atomic E-state index is 14.4. The van der Waals surface area contributed by atoms with Gasteiger partial charge in [-0.15, -0.1) is 5.10 Å². The molecule has 0 aliphatic heterocycles. The molecule has 3 atom stereocenters. The summed E-state index contributed by atoms with van der Waals surface area (Å²) in [7, 11) is 0. The average Bonchev–Trinajstić information content (AvgIpc) is 3.18. The summed E-state index contributed by atoms with van der Waals surface area (Å²) in [5.41, 5.74) is 1.79. The van der Waals surface area contributed by atoms with Crippen molar-refractivity contribution in [1.29, 1.82) is 0 Å². The highest BCUT2D eigenvalue weighted by Crippen LogP contribution is 2.69. The minimum Gasteiger partial charge on any atom is -0.392 e. The lowest BCUT2D eigenvalue weighted by atomic mass is 9.66. The van der Waals surface area contributed by atoms with Crippen LogP contribution in [0.1, 0.15) is 67.0 Å². The third-order valence-corrected chi connectivity index (χ3v) is 7.58. The molecule has 6 nitrogen and oxygen atoms in total. The second kappa shape index (κ2) is 7.91. The Bertz CT molecular complexity index is 1270. The van der Waals surface area contributed by atoms with Crippen LogP contribution in [0.3, 0.4) is 0 Å². The lowest BCUT2D eigenvalue weighted by molar-refractivity contribution is 0.0918. The molecule has 2 bridgehead atoms. The average molecular weight is 465 g/mol. The molecule has 2 aromatic heterocycles. The predicted octanol–water partition coefficient (Wildman–Crippen LogP) is 4.13. The predicted molar refractivity (Wildman–Crippen MR) is 122 cm³/mol. The van der Waals surface area contributed by atoms with Gasteiger partial charge in [0, 0.05) is 6.54 Å². The number of nitrogens with zero attached hydrogens (tertiary/aromatic N) is 3. The van der Waals surface area contributed by atoms with E-state index in [1.165, 1.54) is 18.2 Å². The topological polar surface area (TPSA) is 88.0 Å². The summed E-state index contributed by atoms with van der Waals surface area (Å²) in [5, 5.41) is 20.9. The molecule has 2 aliphatic rings. The van der Waals surface area contributed by atoms with Crippen molar-refractivity contribution in [2.45, 2.75) is 51.0 Å². The number of carbonyl (C=O) groups is 1. The van der Waals surface area contributed by atoms with E-state index in [2.05, 4.69) is 29.4 Å². The number of pyridine rings is 1. The Morgan fingerprint density at radius 3 is 2.59 bits per heavy atom. The van der Waals surface area contributed by atoms with Crippen LogP contribution in [0.4, 0.5) is 8.78 Å². The number of hydrogen-bond acceptors (Lipinski definition) is 5. The fraction of sp³-hybridized carbons (Fsp3) is 0.385. The van der Waals surface area contributed by atoms with Crippen LogP contribution in [0.2, 0.25) is 0 Å². The SMILES string of the molecule is C[C@H](O)CNC(=O)c1cccc([C@]23CC[C@H](c4cc(-c5c(F)cccc5F)nnc42)C3(C)C)n1. The highest BCUT2D eigenvalue weighted by molar-refractivity contribution is 5.92. The lowest BCUT2D eigenvalue weighted by Gasteiger charge is -2.37. The second-order valence-electron chi connectivity index (χ2n) is 9.82. The molecule has 1 aromatic carbocycles. The van der Waals surface area contributed by atoms with Crippen LogP contribution in [0.5, 0.6) is 0 Å². The van der Waals surface area contributed by atoms with Crippen molar-refractivity contribution in [3.05, 3.63) is 76.7 Å². The van der Waals surface area contributed by atoms with Crippen LogP contribution in [0.15, 0.2) is 42.5 Å². The van der Waals surface area contributed by atoms with Crippen LogP contribution in [-0.4, -0.2) is 38.8 Å². The molecule has 2 N–H and O–H groups in total. The Labute approximate surface area is 196 Å². The number of carbonyl (C=O) groups excluding carboxylic acids is 1. The molecule has 1 saturated carbocycles. The van der Waals surface area contributed by atoms with Gasteiger partial charge in [-0.2, -0.15) is 5.10 Å². The molecule has 3 aromatic rings. The number of nitrogens with one attached hydrogen (secondary N) is 1. The molecule has 2 heterocycles. The van der Waals surface area contributed by atoms with E-state index in [-0.39, 0.29) is 40.7 Å². The smallest absolute Gasteiger partial charge is 0.269 e. The molecule has 1 fully saturated rings. The van der Waals surface area contributed by atoms with Crippen molar-refractivity contribution < 1.29 is 18.7 Å². The number of aromatic nitrogens is 3. The van der Waals surface area contributed by atoms with E-state index in [0.717, 1.165) is 29.8 Å². The van der Waals surface area contributed by atoms with Crippen molar-refractivity contribution in [3.63, 3.8) is 0 Å². The van der Waals surface area contributed by atoms with E-state index in [0.29, 0.717) is 0 Å². The van der Waals surface area contributed by atoms with E-state index in [4.69, 9.17) is 4.98 Å². The number of halogens is 2. The van der Waals surface area contributed by atoms with Crippen LogP contribution >= 0.6 is 0 Å². The summed E-state index contributed by atoms with van der Waals surface area (Å²) < 4.78 is 28.9. The molecule has 0 spiro atoms. The zero-order valence-electron chi connectivity index (χ0n) is 19.3. The monoisotopic (exact) mass is 464 g/mol. The molecule has 8 heteroatoms. The Morgan fingerprint density at radius 1 is 1.18 bits per heavy atom. The first-order valence-corrected chi connectivity index (χ1v) is 11.4. The van der Waals surface area contributed by atoms with Gasteiger partial charge >= 0.3 is 0 Å². The highest BCUT2D eigenvalue weighted by atomic mass is 19.1. The summed E-state index contributed by atoms with van der Waals surface area (Å²) in [6.07, 6.45) is 0.988. The number of rotatable bonds is 5. The highest BCUT2D eigenvalue weighted by Gasteiger charge is 2.65. The van der Waals surface area contributed by atoms with Crippen molar-refractivity contribution >= 4 is 5.91 Å². The van der Waals surface area contributed by atoms with E-state index in [1.807, 2.05) is 6.07 Å². The van der Waals surface area contributed by atoms with Gasteiger partial charge in [0.2, 0.25) is 0 Å². The first-order valence-electron chi connectivity index (χ1n) is 11.4. The van der Waals surface area contributed by atoms with Gasteiger partial charge in [-0.05, 0) is 67.0 Å². The van der Waals surface area contributed by atoms with Gasteiger partial charge in [-0.3, -0.25) is 4.79 Å². The molecule has 0 saturated heterocycles. The van der Waals surface area contributed by atoms with Gasteiger partial charge in [0.25, 0.3) is 5.91 Å². The quantitative estimate of drug-likeness (QED) is 0.593. The standard InChI is InChI=1S/C26H26F2N4O2/c1-14(33)13-29-24(34)19-8-5-9-21(30-19)26-11-10-16(25(26,2)3)15-12-20(31-32-23(15)26)22-17(27)6-4-7-18(22)28/h4-9,12,14,16,33H,10-11,13H2,1-3H3,(H,29,34)/t14-,16+,26+/m0/s1. The first kappa shape index (κ1) is 22.5. The van der Waals surface area contributed by atoms with E-state index in [9.17, 15) is 18.7 Å². The third kappa shape index (κ3) is 3.15. The summed E-state index contributed by atoms with van der Waals surface area (Å²) >= 11 is 0. The van der Waals surface area contributed by atoms with E-state index < -0.39 is 23.2 Å². The number of fused-ring (bicyclic) bond motifs is 5. The molecular formula is C26H26F2N4O2. The molecule has 1 amide bonds. The minimum atomic E-state index is -0.677. The Morgan fingerprint density at radius 2 is 1.88 bits per heavy atom. The molecular weight excluding hydrogens is 438 g/mol. The van der Waals surface area contributed by atoms with Crippen LogP contribution in [0.25, 0.3) is 11.3 Å². The number of aliphatic hydroxyl groups is 1. The Hall–Kier alpha value is -3.26. The van der Waals surface area contributed by atoms with Crippen molar-refractivity contribution in [2.24, 2.45) is 5.41 Å². The lowest BCUT2D eigenvalue weighted by Crippen LogP contribution is -2.38. The van der Waals surface area contributed by atoms with Crippen LogP contribution < -0.4 is 5.32 Å². The largest absolute Gasteiger partial charge is 0.392 e. The summed E-state index contributed by atoms with van der Waals surface area (Å²) in [4.78, 5) is 17.3. The molecule has 0 radical (unpaired) electrons. The van der Waals surface area contributed by atoms with Gasteiger partial charge in [0.05, 0.1) is 34.2 Å². The van der Waals surface area contributed by atoms with Crippen molar-refractivity contribution in [3.8, 4) is 11.3 Å². The van der Waals surface area contributed by atoms with Gasteiger partial charge in [-0.1, -0.05) is 26.0 Å². The zero-order valence-corrected chi connectivity index (χ0v) is 19.3. The fourth-order valence-electron chi connectivity index (χ4n) is 5.89. The van der Waals surface area contributed by atoms with Gasteiger partial charge in [0.1, 0.15) is 17.3 Å². The Kier molecular flexibility index (Phi) is 5.24. The second-order valence-corrected chi connectivity index (χ2v) is 9.82. The minimum absolute atomic E-state index is 0.112. The molecule has 0 unspecified atom stereocenters. The summed E-state index contributed by atoms with van der Waals surface area (Å²) in [6.45, 7) is 6.03. The first-order chi connectivity index (χ1) is 16.2. The number of benzene rings is 1. The maximum atomic E-state index is 14.4. The Balaban J connectivity index is 1.61. The van der Waals surface area contributed by atoms with Crippen LogP contribution in [0, 0.1) is 17.0 Å². The molecule has 5 rings (SSSR count). The fourth-order valence-corrected chi connectivity index (χ4v) is 5.89. The van der Waals surface area contributed by atoms with Gasteiger partial charge in [-0.25, -0.2) is 13.8 Å². The normalized spacial score (nSPS) is 22.9. The van der Waals surface area contributed by atoms with E-state index in [1.54, 1.807) is 25.1 Å². The molecule has 176 valence electrons. The molecule has 2 aliphatic carbocycles. The third-order valence-electron chi connectivity index (χ3n) is 7.58. The zero-order chi connectivity index (χ0) is 24.3. The van der Waals surface area contributed by atoms with Crippen molar-refractivity contribution in [2.75, 3.05) is 6.54 Å². The number of amides is 1. The number of hydrogen-bond donors (Lipinski definition) is 2. The van der Waals surface area contributed by atoms with Gasteiger partial charge < -0.3 is 10.4 Å².